The number of aryl methyl sites for hydroxylation is 2. The largest absolute Gasteiger partial charge is 0.347 e. The molecule has 1 aliphatic heterocycles. The Morgan fingerprint density at radius 3 is 2.90 bits per heavy atom. The molecular formula is C14H23N7. The number of fused-ring (bicyclic) bond motifs is 1. The molecule has 0 bridgehead atoms. The van der Waals surface area contributed by atoms with Crippen molar-refractivity contribution in [2.45, 2.75) is 46.4 Å². The first-order valence-corrected chi connectivity index (χ1v) is 7.43. The fraction of sp³-hybridized carbons (Fsp3) is 0.643. The first kappa shape index (κ1) is 14.1. The predicted molar refractivity (Wildman–Crippen MR) is 81.0 cm³/mol. The Morgan fingerprint density at radius 1 is 1.33 bits per heavy atom. The van der Waals surface area contributed by atoms with Crippen LogP contribution in [0.5, 0.6) is 0 Å². The predicted octanol–water partition coefficient (Wildman–Crippen LogP) is 0.838. The van der Waals surface area contributed by atoms with Crippen LogP contribution in [0.1, 0.15) is 30.9 Å². The third-order valence-corrected chi connectivity index (χ3v) is 3.94. The first-order valence-electron chi connectivity index (χ1n) is 7.43. The van der Waals surface area contributed by atoms with Crippen LogP contribution >= 0.6 is 0 Å². The van der Waals surface area contributed by atoms with Gasteiger partial charge in [-0.2, -0.15) is 5.10 Å². The van der Waals surface area contributed by atoms with Crippen LogP contribution < -0.4 is 10.2 Å². The van der Waals surface area contributed by atoms with Gasteiger partial charge < -0.3 is 14.8 Å². The molecule has 0 aliphatic carbocycles. The molecule has 0 atom stereocenters. The molecule has 0 amide bonds. The van der Waals surface area contributed by atoms with E-state index in [0.717, 1.165) is 37.7 Å². The zero-order valence-corrected chi connectivity index (χ0v) is 13.2. The van der Waals surface area contributed by atoms with E-state index in [0.29, 0.717) is 6.04 Å². The molecule has 7 heteroatoms. The van der Waals surface area contributed by atoms with E-state index >= 15 is 0 Å². The maximum Gasteiger partial charge on any atom is 0.152 e. The Morgan fingerprint density at radius 2 is 2.14 bits per heavy atom. The molecule has 0 radical (unpaired) electrons. The van der Waals surface area contributed by atoms with Crippen molar-refractivity contribution >= 4 is 5.82 Å². The summed E-state index contributed by atoms with van der Waals surface area (Å²) in [6.07, 6.45) is 1.81. The molecule has 1 aliphatic rings. The monoisotopic (exact) mass is 289 g/mol. The van der Waals surface area contributed by atoms with Crippen molar-refractivity contribution in [2.75, 3.05) is 11.4 Å². The molecule has 3 heterocycles. The number of nitrogens with zero attached hydrogens (tertiary/aromatic N) is 6. The van der Waals surface area contributed by atoms with Gasteiger partial charge in [-0.3, -0.25) is 4.68 Å². The highest BCUT2D eigenvalue weighted by Gasteiger charge is 2.24. The summed E-state index contributed by atoms with van der Waals surface area (Å²) in [6.45, 7) is 9.91. The summed E-state index contributed by atoms with van der Waals surface area (Å²) < 4.78 is 4.10. The van der Waals surface area contributed by atoms with Crippen LogP contribution in [0.3, 0.4) is 0 Å². The highest BCUT2D eigenvalue weighted by atomic mass is 15.4. The van der Waals surface area contributed by atoms with Gasteiger partial charge in [0.25, 0.3) is 0 Å². The van der Waals surface area contributed by atoms with Crippen LogP contribution in [0.15, 0.2) is 6.33 Å². The Kier molecular flexibility index (Phi) is 3.67. The molecule has 0 fully saturated rings. The van der Waals surface area contributed by atoms with Gasteiger partial charge in [0.1, 0.15) is 12.1 Å². The standard InChI is InChI=1S/C14H23N7/c1-10(2)15-7-12-11(3)18-19(4)14(12)20-5-6-21-9-16-17-13(21)8-20/h9-10,15H,5-8H2,1-4H3. The Balaban J connectivity index is 1.88. The van der Waals surface area contributed by atoms with Gasteiger partial charge in [0, 0.05) is 38.3 Å². The molecule has 2 aromatic rings. The first-order chi connectivity index (χ1) is 10.1. The van der Waals surface area contributed by atoms with Gasteiger partial charge in [-0.25, -0.2) is 0 Å². The highest BCUT2D eigenvalue weighted by Crippen LogP contribution is 2.26. The molecule has 0 spiro atoms. The van der Waals surface area contributed by atoms with Crippen molar-refractivity contribution < 1.29 is 0 Å². The SMILES string of the molecule is Cc1nn(C)c(N2CCn3cnnc3C2)c1CNC(C)C. The van der Waals surface area contributed by atoms with Gasteiger partial charge in [0.2, 0.25) is 0 Å². The van der Waals surface area contributed by atoms with E-state index in [1.54, 1.807) is 0 Å². The van der Waals surface area contributed by atoms with Crippen LogP contribution in [0.2, 0.25) is 0 Å². The number of hydrogen-bond acceptors (Lipinski definition) is 5. The minimum atomic E-state index is 0.460. The summed E-state index contributed by atoms with van der Waals surface area (Å²) in [4.78, 5) is 2.35. The average molecular weight is 289 g/mol. The lowest BCUT2D eigenvalue weighted by molar-refractivity contribution is 0.540. The van der Waals surface area contributed by atoms with Crippen molar-refractivity contribution in [2.24, 2.45) is 7.05 Å². The maximum atomic E-state index is 4.60. The number of hydrogen-bond donors (Lipinski definition) is 1. The van der Waals surface area contributed by atoms with E-state index in [1.807, 2.05) is 18.1 Å². The Labute approximate surface area is 125 Å². The van der Waals surface area contributed by atoms with Crippen molar-refractivity contribution in [3.63, 3.8) is 0 Å². The second-order valence-electron chi connectivity index (χ2n) is 5.91. The summed E-state index contributed by atoms with van der Waals surface area (Å²) in [6, 6.07) is 0.460. The van der Waals surface area contributed by atoms with Crippen LogP contribution in [0, 0.1) is 6.92 Å². The summed E-state index contributed by atoms with van der Waals surface area (Å²) in [5, 5.41) is 16.3. The van der Waals surface area contributed by atoms with E-state index < -0.39 is 0 Å². The fourth-order valence-corrected chi connectivity index (χ4v) is 2.85. The minimum absolute atomic E-state index is 0.460. The molecule has 114 valence electrons. The number of nitrogens with one attached hydrogen (secondary N) is 1. The van der Waals surface area contributed by atoms with Gasteiger partial charge in [-0.1, -0.05) is 13.8 Å². The molecule has 21 heavy (non-hydrogen) atoms. The summed E-state index contributed by atoms with van der Waals surface area (Å²) in [5.74, 6) is 2.21. The Bertz CT molecular complexity index is 625. The molecule has 3 rings (SSSR count). The lowest BCUT2D eigenvalue weighted by atomic mass is 10.2. The van der Waals surface area contributed by atoms with E-state index in [-0.39, 0.29) is 0 Å². The number of anilines is 1. The van der Waals surface area contributed by atoms with Crippen LogP contribution in [-0.4, -0.2) is 37.1 Å². The number of aromatic nitrogens is 5. The third-order valence-electron chi connectivity index (χ3n) is 3.94. The molecule has 1 N–H and O–H groups in total. The number of rotatable bonds is 4. The third kappa shape index (κ3) is 2.65. The molecular weight excluding hydrogens is 266 g/mol. The normalized spacial score (nSPS) is 14.8. The topological polar surface area (TPSA) is 63.8 Å². The van der Waals surface area contributed by atoms with Gasteiger partial charge in [-0.15, -0.1) is 10.2 Å². The average Bonchev–Trinajstić information content (AvgIpc) is 2.99. The second-order valence-corrected chi connectivity index (χ2v) is 5.91. The lowest BCUT2D eigenvalue weighted by Gasteiger charge is -2.30. The lowest BCUT2D eigenvalue weighted by Crippen LogP contribution is -2.36. The summed E-state index contributed by atoms with van der Waals surface area (Å²) in [7, 11) is 2.01. The van der Waals surface area contributed by atoms with Gasteiger partial charge in [-0.05, 0) is 6.92 Å². The quantitative estimate of drug-likeness (QED) is 0.903. The van der Waals surface area contributed by atoms with Crippen molar-refractivity contribution in [3.8, 4) is 0 Å². The van der Waals surface area contributed by atoms with Crippen LogP contribution in [0.25, 0.3) is 0 Å². The molecule has 0 unspecified atom stereocenters. The van der Waals surface area contributed by atoms with Gasteiger partial charge >= 0.3 is 0 Å². The van der Waals surface area contributed by atoms with Crippen LogP contribution in [0.4, 0.5) is 5.82 Å². The van der Waals surface area contributed by atoms with Gasteiger partial charge in [0.15, 0.2) is 5.82 Å². The van der Waals surface area contributed by atoms with Gasteiger partial charge in [0.05, 0.1) is 12.2 Å². The van der Waals surface area contributed by atoms with Crippen molar-refractivity contribution in [1.29, 1.82) is 0 Å². The fourth-order valence-electron chi connectivity index (χ4n) is 2.85. The zero-order valence-electron chi connectivity index (χ0n) is 13.2. The minimum Gasteiger partial charge on any atom is -0.347 e. The van der Waals surface area contributed by atoms with E-state index in [2.05, 4.69) is 50.9 Å². The molecule has 0 aromatic carbocycles. The second kappa shape index (κ2) is 5.48. The molecule has 2 aromatic heterocycles. The molecule has 0 saturated heterocycles. The summed E-state index contributed by atoms with van der Waals surface area (Å²) in [5.41, 5.74) is 2.37. The highest BCUT2D eigenvalue weighted by molar-refractivity contribution is 5.50. The molecule has 0 saturated carbocycles. The summed E-state index contributed by atoms with van der Waals surface area (Å²) >= 11 is 0. The van der Waals surface area contributed by atoms with E-state index in [9.17, 15) is 0 Å². The zero-order chi connectivity index (χ0) is 15.0. The van der Waals surface area contributed by atoms with E-state index in [4.69, 9.17) is 0 Å². The van der Waals surface area contributed by atoms with Crippen LogP contribution in [-0.2, 0) is 26.7 Å². The maximum absolute atomic E-state index is 4.60. The Hall–Kier alpha value is -1.89. The smallest absolute Gasteiger partial charge is 0.152 e. The van der Waals surface area contributed by atoms with E-state index in [1.165, 1.54) is 11.4 Å². The van der Waals surface area contributed by atoms with Crippen molar-refractivity contribution in [1.82, 2.24) is 29.9 Å². The van der Waals surface area contributed by atoms with Crippen molar-refractivity contribution in [3.05, 3.63) is 23.4 Å². The molecule has 7 nitrogen and oxygen atoms in total.